The van der Waals surface area contributed by atoms with Crippen molar-refractivity contribution in [3.8, 4) is 11.5 Å². The number of hydrogen-bond acceptors (Lipinski definition) is 6. The molecule has 1 heterocycles. The third kappa shape index (κ3) is 4.30. The number of aryl methyl sites for hydroxylation is 1. The fraction of sp³-hybridized carbons (Fsp3) is 0.158. The number of nitrogens with zero attached hydrogens (tertiary/aromatic N) is 2. The quantitative estimate of drug-likeness (QED) is 0.488. The van der Waals surface area contributed by atoms with E-state index in [2.05, 4.69) is 10.3 Å². The van der Waals surface area contributed by atoms with E-state index in [-0.39, 0.29) is 11.3 Å². The Morgan fingerprint density at radius 3 is 2.67 bits per heavy atom. The molecule has 0 aliphatic carbocycles. The van der Waals surface area contributed by atoms with Crippen LogP contribution in [0.15, 0.2) is 53.1 Å². The summed E-state index contributed by atoms with van der Waals surface area (Å²) in [4.78, 5) is 26.3. The number of carbonyl (C=O) groups excluding carboxylic acids is 1. The minimum absolute atomic E-state index is 0.0893. The van der Waals surface area contributed by atoms with Gasteiger partial charge in [0.1, 0.15) is 12.0 Å². The van der Waals surface area contributed by atoms with Gasteiger partial charge in [0, 0.05) is 30.2 Å². The van der Waals surface area contributed by atoms with Crippen LogP contribution in [-0.2, 0) is 6.42 Å². The van der Waals surface area contributed by atoms with Crippen molar-refractivity contribution in [2.75, 3.05) is 11.9 Å². The zero-order valence-electron chi connectivity index (χ0n) is 14.6. The van der Waals surface area contributed by atoms with Gasteiger partial charge in [-0.2, -0.15) is 0 Å². The van der Waals surface area contributed by atoms with Crippen LogP contribution in [0.2, 0.25) is 0 Å². The second-order valence-electron chi connectivity index (χ2n) is 6.04. The number of nitrogens with one attached hydrogen (secondary N) is 1. The van der Waals surface area contributed by atoms with Gasteiger partial charge < -0.3 is 15.5 Å². The molecule has 0 bridgehead atoms. The maximum Gasteiger partial charge on any atom is 0.293 e. The maximum absolute atomic E-state index is 11.2. The van der Waals surface area contributed by atoms with Gasteiger partial charge in [0.25, 0.3) is 5.69 Å². The van der Waals surface area contributed by atoms with E-state index in [4.69, 9.17) is 10.2 Å². The van der Waals surface area contributed by atoms with E-state index in [1.165, 1.54) is 12.1 Å². The predicted octanol–water partition coefficient (Wildman–Crippen LogP) is 3.31. The SMILES string of the molecule is Cc1ccc(-c2nc(CCNc3ccc(C(N)=O)cc3[N+](=O)[O-])co2)cc1. The molecular weight excluding hydrogens is 348 g/mol. The molecule has 0 saturated carbocycles. The number of nitrogens with two attached hydrogens (primary N) is 1. The number of primary amides is 1. The van der Waals surface area contributed by atoms with Crippen molar-refractivity contribution in [2.24, 2.45) is 5.73 Å². The molecule has 3 rings (SSSR count). The van der Waals surface area contributed by atoms with Gasteiger partial charge in [-0.1, -0.05) is 17.7 Å². The first-order chi connectivity index (χ1) is 12.9. The lowest BCUT2D eigenvalue weighted by Gasteiger charge is -2.07. The fourth-order valence-electron chi connectivity index (χ4n) is 2.56. The van der Waals surface area contributed by atoms with Gasteiger partial charge in [0.05, 0.1) is 10.6 Å². The number of benzene rings is 2. The first-order valence-electron chi connectivity index (χ1n) is 8.27. The summed E-state index contributed by atoms with van der Waals surface area (Å²) in [6.45, 7) is 2.42. The summed E-state index contributed by atoms with van der Waals surface area (Å²) in [6.07, 6.45) is 2.09. The molecule has 0 unspecified atom stereocenters. The Kier molecular flexibility index (Phi) is 5.16. The Balaban J connectivity index is 1.66. The van der Waals surface area contributed by atoms with Crippen molar-refractivity contribution in [3.05, 3.63) is 75.7 Å². The standard InChI is InChI=1S/C19H18N4O4/c1-12-2-4-13(5-3-12)19-22-15(11-27-19)8-9-21-16-7-6-14(18(20)24)10-17(16)23(25)26/h2-7,10-11,21H,8-9H2,1H3,(H2,20,24). The van der Waals surface area contributed by atoms with Crippen molar-refractivity contribution in [1.82, 2.24) is 4.98 Å². The second kappa shape index (κ2) is 7.69. The highest BCUT2D eigenvalue weighted by molar-refractivity contribution is 5.94. The molecule has 2 aromatic carbocycles. The second-order valence-corrected chi connectivity index (χ2v) is 6.04. The summed E-state index contributed by atoms with van der Waals surface area (Å²) in [5.74, 6) is -0.183. The van der Waals surface area contributed by atoms with E-state index < -0.39 is 10.8 Å². The molecule has 0 fully saturated rings. The van der Waals surface area contributed by atoms with E-state index >= 15 is 0 Å². The minimum atomic E-state index is -0.712. The lowest BCUT2D eigenvalue weighted by atomic mass is 10.1. The molecule has 27 heavy (non-hydrogen) atoms. The first-order valence-corrected chi connectivity index (χ1v) is 8.27. The minimum Gasteiger partial charge on any atom is -0.444 e. The Bertz CT molecular complexity index is 980. The number of hydrogen-bond donors (Lipinski definition) is 2. The maximum atomic E-state index is 11.2. The molecule has 8 nitrogen and oxygen atoms in total. The third-order valence-electron chi connectivity index (χ3n) is 4.03. The van der Waals surface area contributed by atoms with Gasteiger partial charge in [-0.15, -0.1) is 0 Å². The summed E-state index contributed by atoms with van der Waals surface area (Å²) in [5.41, 5.74) is 8.14. The number of carbonyl (C=O) groups is 1. The van der Waals surface area contributed by atoms with E-state index in [9.17, 15) is 14.9 Å². The lowest BCUT2D eigenvalue weighted by Crippen LogP contribution is -2.12. The molecular formula is C19H18N4O4. The van der Waals surface area contributed by atoms with Crippen LogP contribution < -0.4 is 11.1 Å². The van der Waals surface area contributed by atoms with Crippen LogP contribution >= 0.6 is 0 Å². The average molecular weight is 366 g/mol. The van der Waals surface area contributed by atoms with Gasteiger partial charge in [0.2, 0.25) is 11.8 Å². The zero-order chi connectivity index (χ0) is 19.4. The first kappa shape index (κ1) is 18.1. The van der Waals surface area contributed by atoms with Crippen LogP contribution in [0.3, 0.4) is 0 Å². The molecule has 0 aliphatic rings. The van der Waals surface area contributed by atoms with Gasteiger partial charge in [0.15, 0.2) is 0 Å². The Labute approximate surface area is 155 Å². The fourth-order valence-corrected chi connectivity index (χ4v) is 2.56. The molecule has 1 amide bonds. The van der Waals surface area contributed by atoms with Crippen LogP contribution in [0.25, 0.3) is 11.5 Å². The Morgan fingerprint density at radius 1 is 1.26 bits per heavy atom. The number of nitro groups is 1. The van der Waals surface area contributed by atoms with Gasteiger partial charge in [-0.3, -0.25) is 14.9 Å². The number of amides is 1. The summed E-state index contributed by atoms with van der Waals surface area (Å²) >= 11 is 0. The van der Waals surface area contributed by atoms with Crippen molar-refractivity contribution < 1.29 is 14.1 Å². The average Bonchev–Trinajstić information content (AvgIpc) is 3.11. The van der Waals surface area contributed by atoms with Crippen LogP contribution in [0.4, 0.5) is 11.4 Å². The van der Waals surface area contributed by atoms with E-state index in [1.807, 2.05) is 31.2 Å². The monoisotopic (exact) mass is 366 g/mol. The molecule has 138 valence electrons. The van der Waals surface area contributed by atoms with Gasteiger partial charge in [-0.25, -0.2) is 4.98 Å². The number of oxazole rings is 1. The lowest BCUT2D eigenvalue weighted by molar-refractivity contribution is -0.384. The topological polar surface area (TPSA) is 124 Å². The number of anilines is 1. The van der Waals surface area contributed by atoms with Gasteiger partial charge in [-0.05, 0) is 31.2 Å². The highest BCUT2D eigenvalue weighted by atomic mass is 16.6. The number of rotatable bonds is 7. The molecule has 0 spiro atoms. The van der Waals surface area contributed by atoms with E-state index in [1.54, 1.807) is 6.26 Å². The van der Waals surface area contributed by atoms with E-state index in [0.29, 0.717) is 24.5 Å². The third-order valence-corrected chi connectivity index (χ3v) is 4.03. The highest BCUT2D eigenvalue weighted by Crippen LogP contribution is 2.25. The molecule has 3 aromatic rings. The van der Waals surface area contributed by atoms with Crippen LogP contribution in [0.5, 0.6) is 0 Å². The summed E-state index contributed by atoms with van der Waals surface area (Å²) in [6, 6.07) is 11.9. The largest absolute Gasteiger partial charge is 0.444 e. The van der Waals surface area contributed by atoms with Gasteiger partial charge >= 0.3 is 0 Å². The van der Waals surface area contributed by atoms with Crippen molar-refractivity contribution in [1.29, 1.82) is 0 Å². The Morgan fingerprint density at radius 2 is 2.00 bits per heavy atom. The summed E-state index contributed by atoms with van der Waals surface area (Å²) in [5, 5.41) is 14.2. The molecule has 0 atom stereocenters. The molecule has 0 aliphatic heterocycles. The number of nitro benzene ring substituents is 1. The smallest absolute Gasteiger partial charge is 0.293 e. The number of aromatic nitrogens is 1. The highest BCUT2D eigenvalue weighted by Gasteiger charge is 2.16. The van der Waals surface area contributed by atoms with Crippen LogP contribution in [0, 0.1) is 17.0 Å². The predicted molar refractivity (Wildman–Crippen MR) is 100 cm³/mol. The molecule has 8 heteroatoms. The van der Waals surface area contributed by atoms with E-state index in [0.717, 1.165) is 22.9 Å². The summed E-state index contributed by atoms with van der Waals surface area (Å²) in [7, 11) is 0. The van der Waals surface area contributed by atoms with Crippen molar-refractivity contribution in [3.63, 3.8) is 0 Å². The molecule has 0 radical (unpaired) electrons. The zero-order valence-corrected chi connectivity index (χ0v) is 14.6. The van der Waals surface area contributed by atoms with Crippen molar-refractivity contribution in [2.45, 2.75) is 13.3 Å². The molecule has 0 saturated heterocycles. The normalized spacial score (nSPS) is 10.6. The molecule has 1 aromatic heterocycles. The summed E-state index contributed by atoms with van der Waals surface area (Å²) < 4.78 is 5.50. The van der Waals surface area contributed by atoms with Crippen molar-refractivity contribution >= 4 is 17.3 Å². The van der Waals surface area contributed by atoms with Crippen LogP contribution in [-0.4, -0.2) is 22.4 Å². The Hall–Kier alpha value is -3.68. The molecule has 3 N–H and O–H groups in total. The van der Waals surface area contributed by atoms with Crippen LogP contribution in [0.1, 0.15) is 21.6 Å².